The van der Waals surface area contributed by atoms with E-state index in [1.165, 1.54) is 6.07 Å². The van der Waals surface area contributed by atoms with Gasteiger partial charge in [0.15, 0.2) is 0 Å². The topological polar surface area (TPSA) is 38.5 Å². The van der Waals surface area contributed by atoms with E-state index in [4.69, 9.17) is 10.5 Å². The lowest BCUT2D eigenvalue weighted by atomic mass is 10.1. The van der Waals surface area contributed by atoms with Gasteiger partial charge in [-0.3, -0.25) is 4.90 Å². The van der Waals surface area contributed by atoms with E-state index in [1.807, 2.05) is 6.07 Å². The summed E-state index contributed by atoms with van der Waals surface area (Å²) in [5.74, 6) is -0.263. The zero-order valence-corrected chi connectivity index (χ0v) is 10.2. The summed E-state index contributed by atoms with van der Waals surface area (Å²) in [6, 6.07) is 5.16. The summed E-state index contributed by atoms with van der Waals surface area (Å²) in [6.45, 7) is 5.30. The number of morpholine rings is 1. The van der Waals surface area contributed by atoms with Crippen LogP contribution in [-0.4, -0.2) is 30.7 Å². The van der Waals surface area contributed by atoms with Crippen molar-refractivity contribution in [3.63, 3.8) is 0 Å². The molecule has 0 amide bonds. The zero-order chi connectivity index (χ0) is 12.3. The van der Waals surface area contributed by atoms with Gasteiger partial charge < -0.3 is 10.5 Å². The summed E-state index contributed by atoms with van der Waals surface area (Å²) in [5, 5.41) is 0. The van der Waals surface area contributed by atoms with E-state index in [0.717, 1.165) is 38.3 Å². The Morgan fingerprint density at radius 2 is 2.29 bits per heavy atom. The maximum Gasteiger partial charge on any atom is 0.125 e. The number of ether oxygens (including phenoxy) is 1. The summed E-state index contributed by atoms with van der Waals surface area (Å²) in [5.41, 5.74) is 7.07. The van der Waals surface area contributed by atoms with Gasteiger partial charge in [-0.25, -0.2) is 4.39 Å². The molecule has 1 fully saturated rings. The molecule has 2 N–H and O–H groups in total. The van der Waals surface area contributed by atoms with Crippen molar-refractivity contribution in [2.75, 3.05) is 25.5 Å². The van der Waals surface area contributed by atoms with Crippen molar-refractivity contribution in [3.05, 3.63) is 29.6 Å². The largest absolute Gasteiger partial charge is 0.399 e. The van der Waals surface area contributed by atoms with Crippen LogP contribution in [0.1, 0.15) is 18.9 Å². The molecule has 1 heterocycles. The van der Waals surface area contributed by atoms with E-state index in [-0.39, 0.29) is 5.82 Å². The Balaban J connectivity index is 2.08. The Kier molecular flexibility index (Phi) is 3.97. The number of nitrogen functional groups attached to an aromatic ring is 1. The number of nitrogens with two attached hydrogens (primary N) is 1. The minimum absolute atomic E-state index is 0.263. The van der Waals surface area contributed by atoms with Crippen molar-refractivity contribution in [1.82, 2.24) is 4.90 Å². The molecule has 17 heavy (non-hydrogen) atoms. The Bertz CT molecular complexity index is 363. The highest BCUT2D eigenvalue weighted by molar-refractivity contribution is 5.41. The smallest absolute Gasteiger partial charge is 0.125 e. The predicted molar refractivity (Wildman–Crippen MR) is 66.1 cm³/mol. The molecule has 1 aliphatic heterocycles. The van der Waals surface area contributed by atoms with Gasteiger partial charge in [0.2, 0.25) is 0 Å². The van der Waals surface area contributed by atoms with Gasteiger partial charge in [-0.2, -0.15) is 0 Å². The molecule has 1 saturated heterocycles. The number of rotatable bonds is 3. The van der Waals surface area contributed by atoms with Crippen LogP contribution in [0, 0.1) is 5.82 Å². The minimum Gasteiger partial charge on any atom is -0.399 e. The van der Waals surface area contributed by atoms with E-state index in [2.05, 4.69) is 11.8 Å². The average molecular weight is 238 g/mol. The van der Waals surface area contributed by atoms with Gasteiger partial charge in [0.1, 0.15) is 5.82 Å². The van der Waals surface area contributed by atoms with Gasteiger partial charge in [0.25, 0.3) is 0 Å². The fourth-order valence-electron chi connectivity index (χ4n) is 2.27. The molecule has 1 atom stereocenters. The van der Waals surface area contributed by atoms with Crippen molar-refractivity contribution in [3.8, 4) is 0 Å². The van der Waals surface area contributed by atoms with Crippen LogP contribution in [0.25, 0.3) is 0 Å². The standard InChI is InChI=1S/C13H19FN2O/c1-2-13-9-17-4-3-16(13)8-10-5-11(14)7-12(15)6-10/h5-7,13H,2-4,8-9,15H2,1H3. The lowest BCUT2D eigenvalue weighted by molar-refractivity contribution is -0.0127. The van der Waals surface area contributed by atoms with Gasteiger partial charge in [0.05, 0.1) is 13.2 Å². The van der Waals surface area contributed by atoms with Crippen molar-refractivity contribution >= 4 is 5.69 Å². The first-order valence-electron chi connectivity index (χ1n) is 6.05. The molecule has 0 saturated carbocycles. The number of benzene rings is 1. The van der Waals surface area contributed by atoms with E-state index in [0.29, 0.717) is 11.7 Å². The summed E-state index contributed by atoms with van der Waals surface area (Å²) in [7, 11) is 0. The van der Waals surface area contributed by atoms with Crippen LogP contribution >= 0.6 is 0 Å². The highest BCUT2D eigenvalue weighted by Crippen LogP contribution is 2.17. The third-order valence-electron chi connectivity index (χ3n) is 3.19. The van der Waals surface area contributed by atoms with Crippen molar-refractivity contribution in [2.24, 2.45) is 0 Å². The average Bonchev–Trinajstić information content (AvgIpc) is 2.28. The molecule has 0 bridgehead atoms. The number of anilines is 1. The lowest BCUT2D eigenvalue weighted by Gasteiger charge is -2.35. The number of hydrogen-bond acceptors (Lipinski definition) is 3. The number of halogens is 1. The molecule has 94 valence electrons. The molecule has 0 aliphatic carbocycles. The van der Waals surface area contributed by atoms with Crippen molar-refractivity contribution in [1.29, 1.82) is 0 Å². The fourth-order valence-corrected chi connectivity index (χ4v) is 2.27. The van der Waals surface area contributed by atoms with Crippen LogP contribution < -0.4 is 5.73 Å². The van der Waals surface area contributed by atoms with E-state index >= 15 is 0 Å². The van der Waals surface area contributed by atoms with Gasteiger partial charge in [-0.15, -0.1) is 0 Å². The first kappa shape index (κ1) is 12.3. The van der Waals surface area contributed by atoms with Crippen LogP contribution in [-0.2, 0) is 11.3 Å². The molecule has 1 aromatic carbocycles. The quantitative estimate of drug-likeness (QED) is 0.819. The van der Waals surface area contributed by atoms with E-state index < -0.39 is 0 Å². The summed E-state index contributed by atoms with van der Waals surface area (Å²) in [6.07, 6.45) is 1.05. The zero-order valence-electron chi connectivity index (χ0n) is 10.2. The Morgan fingerprint density at radius 3 is 3.00 bits per heavy atom. The maximum atomic E-state index is 13.2. The van der Waals surface area contributed by atoms with Crippen LogP contribution in [0.4, 0.5) is 10.1 Å². The predicted octanol–water partition coefficient (Wildman–Crippen LogP) is 2.02. The molecular weight excluding hydrogens is 219 g/mol. The van der Waals surface area contributed by atoms with E-state index in [9.17, 15) is 4.39 Å². The number of nitrogens with zero attached hydrogens (tertiary/aromatic N) is 1. The monoisotopic (exact) mass is 238 g/mol. The summed E-state index contributed by atoms with van der Waals surface area (Å²) in [4.78, 5) is 2.33. The maximum absolute atomic E-state index is 13.2. The SMILES string of the molecule is CCC1COCCN1Cc1cc(N)cc(F)c1. The Morgan fingerprint density at radius 1 is 1.47 bits per heavy atom. The van der Waals surface area contributed by atoms with Crippen LogP contribution in [0.15, 0.2) is 18.2 Å². The van der Waals surface area contributed by atoms with Crippen LogP contribution in [0.3, 0.4) is 0 Å². The molecule has 2 rings (SSSR count). The molecule has 0 radical (unpaired) electrons. The molecular formula is C13H19FN2O. The molecule has 1 aromatic rings. The minimum atomic E-state index is -0.263. The van der Waals surface area contributed by atoms with Crippen LogP contribution in [0.5, 0.6) is 0 Å². The third kappa shape index (κ3) is 3.17. The molecule has 4 heteroatoms. The van der Waals surface area contributed by atoms with Gasteiger partial charge in [-0.1, -0.05) is 6.92 Å². The second-order valence-electron chi connectivity index (χ2n) is 4.50. The second kappa shape index (κ2) is 5.47. The van der Waals surface area contributed by atoms with Gasteiger partial charge in [0, 0.05) is 24.8 Å². The summed E-state index contributed by atoms with van der Waals surface area (Å²) >= 11 is 0. The van der Waals surface area contributed by atoms with Gasteiger partial charge in [-0.05, 0) is 30.2 Å². The Labute approximate surface area is 101 Å². The second-order valence-corrected chi connectivity index (χ2v) is 4.50. The first-order valence-corrected chi connectivity index (χ1v) is 6.05. The fraction of sp³-hybridized carbons (Fsp3) is 0.538. The van der Waals surface area contributed by atoms with Crippen LogP contribution in [0.2, 0.25) is 0 Å². The van der Waals surface area contributed by atoms with E-state index in [1.54, 1.807) is 6.07 Å². The van der Waals surface area contributed by atoms with Crippen molar-refractivity contribution in [2.45, 2.75) is 25.9 Å². The lowest BCUT2D eigenvalue weighted by Crippen LogP contribution is -2.44. The molecule has 1 aliphatic rings. The Hall–Kier alpha value is -1.13. The normalized spacial score (nSPS) is 21.6. The summed E-state index contributed by atoms with van der Waals surface area (Å²) < 4.78 is 18.7. The first-order chi connectivity index (χ1) is 8.19. The molecule has 0 aromatic heterocycles. The highest BCUT2D eigenvalue weighted by atomic mass is 19.1. The molecule has 1 unspecified atom stereocenters. The molecule has 3 nitrogen and oxygen atoms in total. The third-order valence-corrected chi connectivity index (χ3v) is 3.19. The van der Waals surface area contributed by atoms with Gasteiger partial charge >= 0.3 is 0 Å². The molecule has 0 spiro atoms. The van der Waals surface area contributed by atoms with Crippen molar-refractivity contribution < 1.29 is 9.13 Å². The highest BCUT2D eigenvalue weighted by Gasteiger charge is 2.21. The number of hydrogen-bond donors (Lipinski definition) is 1.